The van der Waals surface area contributed by atoms with E-state index in [-0.39, 0.29) is 17.7 Å². The Morgan fingerprint density at radius 2 is 1.97 bits per heavy atom. The molecular formula is C24H22N4O3S. The van der Waals surface area contributed by atoms with Crippen LogP contribution in [-0.2, 0) is 11.8 Å². The average Bonchev–Trinajstić information content (AvgIpc) is 3.57. The summed E-state index contributed by atoms with van der Waals surface area (Å²) in [5.41, 5.74) is 3.76. The van der Waals surface area contributed by atoms with Crippen LogP contribution in [0.5, 0.6) is 5.75 Å². The lowest BCUT2D eigenvalue weighted by Crippen LogP contribution is -2.28. The molecule has 3 heterocycles. The molecule has 7 nitrogen and oxygen atoms in total. The van der Waals surface area contributed by atoms with E-state index >= 15 is 0 Å². The van der Waals surface area contributed by atoms with E-state index in [1.807, 2.05) is 72.3 Å². The highest BCUT2D eigenvalue weighted by Gasteiger charge is 2.35. The van der Waals surface area contributed by atoms with Crippen LogP contribution in [0.4, 0.5) is 0 Å². The lowest BCUT2D eigenvalue weighted by atomic mass is 10.0. The Balaban J connectivity index is 1.38. The number of benzene rings is 2. The van der Waals surface area contributed by atoms with Gasteiger partial charge >= 0.3 is 0 Å². The molecule has 0 unspecified atom stereocenters. The fourth-order valence-corrected chi connectivity index (χ4v) is 4.69. The van der Waals surface area contributed by atoms with Crippen LogP contribution < -0.4 is 4.74 Å². The van der Waals surface area contributed by atoms with Gasteiger partial charge < -0.3 is 13.7 Å². The average molecular weight is 447 g/mol. The zero-order valence-corrected chi connectivity index (χ0v) is 18.6. The predicted molar refractivity (Wildman–Crippen MR) is 124 cm³/mol. The summed E-state index contributed by atoms with van der Waals surface area (Å²) in [6.45, 7) is 0. The number of aromatic nitrogens is 2. The van der Waals surface area contributed by atoms with Crippen molar-refractivity contribution < 1.29 is 13.9 Å². The molecule has 1 aliphatic heterocycles. The van der Waals surface area contributed by atoms with Crippen molar-refractivity contribution in [3.8, 4) is 5.75 Å². The Morgan fingerprint density at radius 1 is 1.16 bits per heavy atom. The van der Waals surface area contributed by atoms with Gasteiger partial charge in [0, 0.05) is 13.5 Å². The van der Waals surface area contributed by atoms with Gasteiger partial charge in [-0.3, -0.25) is 4.79 Å². The highest BCUT2D eigenvalue weighted by atomic mass is 32.2. The summed E-state index contributed by atoms with van der Waals surface area (Å²) in [7, 11) is 3.60. The molecule has 0 aliphatic carbocycles. The maximum Gasteiger partial charge on any atom is 0.253 e. The highest BCUT2D eigenvalue weighted by molar-refractivity contribution is 7.99. The van der Waals surface area contributed by atoms with Crippen molar-refractivity contribution in [1.29, 1.82) is 0 Å². The molecule has 8 heteroatoms. The van der Waals surface area contributed by atoms with Gasteiger partial charge in [0.2, 0.25) is 0 Å². The molecule has 0 N–H and O–H groups in total. The van der Waals surface area contributed by atoms with Crippen molar-refractivity contribution in [1.82, 2.24) is 14.6 Å². The van der Waals surface area contributed by atoms with Crippen molar-refractivity contribution in [3.63, 3.8) is 0 Å². The van der Waals surface area contributed by atoms with Crippen LogP contribution in [-0.4, -0.2) is 39.0 Å². The van der Waals surface area contributed by atoms with E-state index in [9.17, 15) is 4.79 Å². The maximum atomic E-state index is 13.2. The van der Waals surface area contributed by atoms with E-state index in [1.165, 1.54) is 11.8 Å². The van der Waals surface area contributed by atoms with E-state index in [1.54, 1.807) is 18.4 Å². The molecule has 0 fully saturated rings. The van der Waals surface area contributed by atoms with Gasteiger partial charge in [-0.2, -0.15) is 5.10 Å². The molecule has 0 radical (unpaired) electrons. The van der Waals surface area contributed by atoms with Crippen LogP contribution in [0.2, 0.25) is 0 Å². The molecule has 0 bridgehead atoms. The third-order valence-corrected chi connectivity index (χ3v) is 6.55. The van der Waals surface area contributed by atoms with Gasteiger partial charge in [-0.1, -0.05) is 23.9 Å². The molecule has 1 amide bonds. The number of fused-ring (bicyclic) bond motifs is 1. The number of hydrogen-bond acceptors (Lipinski definition) is 6. The van der Waals surface area contributed by atoms with E-state index in [0.29, 0.717) is 6.42 Å². The minimum atomic E-state index is -0.268. The largest absolute Gasteiger partial charge is 0.497 e. The molecule has 4 aromatic rings. The van der Waals surface area contributed by atoms with Crippen molar-refractivity contribution in [2.75, 3.05) is 12.9 Å². The Morgan fingerprint density at radius 3 is 2.69 bits per heavy atom. The molecule has 1 atom stereocenters. The summed E-state index contributed by atoms with van der Waals surface area (Å²) in [6.07, 6.45) is 2.21. The van der Waals surface area contributed by atoms with Crippen LogP contribution >= 0.6 is 11.8 Å². The van der Waals surface area contributed by atoms with E-state index < -0.39 is 0 Å². The van der Waals surface area contributed by atoms with Crippen molar-refractivity contribution >= 4 is 34.4 Å². The number of nitrogens with zero attached hydrogens (tertiary/aromatic N) is 4. The number of carbonyl (C=O) groups is 1. The lowest BCUT2D eigenvalue weighted by molar-refractivity contribution is -0.130. The normalized spacial score (nSPS) is 15.9. The number of para-hydroxylation sites is 2. The molecule has 0 saturated carbocycles. The molecule has 5 rings (SSSR count). The quantitative estimate of drug-likeness (QED) is 0.403. The van der Waals surface area contributed by atoms with E-state index in [4.69, 9.17) is 9.15 Å². The number of furan rings is 1. The summed E-state index contributed by atoms with van der Waals surface area (Å²) in [5, 5.41) is 7.04. The summed E-state index contributed by atoms with van der Waals surface area (Å²) < 4.78 is 12.9. The van der Waals surface area contributed by atoms with Crippen LogP contribution in [0.3, 0.4) is 0 Å². The van der Waals surface area contributed by atoms with Gasteiger partial charge in [-0.15, -0.1) is 0 Å². The summed E-state index contributed by atoms with van der Waals surface area (Å²) in [6, 6.07) is 19.1. The topological polar surface area (TPSA) is 72.9 Å². The number of carbonyl (C=O) groups excluding carboxylic acids is 1. The summed E-state index contributed by atoms with van der Waals surface area (Å²) >= 11 is 1.41. The molecule has 1 aliphatic rings. The number of rotatable bonds is 6. The molecule has 2 aromatic carbocycles. The van der Waals surface area contributed by atoms with Crippen molar-refractivity contribution in [3.05, 3.63) is 78.3 Å². The SMILES string of the molecule is COc1ccc(C2=NN(C(=O)CSc3nc4ccccc4n3C)[C@@H](c3ccco3)C2)cc1. The molecule has 2 aromatic heterocycles. The number of imidazole rings is 1. The second-order valence-electron chi connectivity index (χ2n) is 7.48. The Kier molecular flexibility index (Phi) is 5.45. The number of amides is 1. The third kappa shape index (κ3) is 3.78. The Hall–Kier alpha value is -3.52. The second kappa shape index (κ2) is 8.55. The fraction of sp³-hybridized carbons (Fsp3) is 0.208. The summed E-state index contributed by atoms with van der Waals surface area (Å²) in [4.78, 5) is 17.9. The number of aryl methyl sites for hydroxylation is 1. The molecule has 162 valence electrons. The lowest BCUT2D eigenvalue weighted by Gasteiger charge is -2.19. The van der Waals surface area contributed by atoms with Crippen molar-refractivity contribution in [2.45, 2.75) is 17.6 Å². The monoisotopic (exact) mass is 446 g/mol. The number of thioether (sulfide) groups is 1. The Bertz CT molecular complexity index is 1280. The molecular weight excluding hydrogens is 424 g/mol. The first-order valence-corrected chi connectivity index (χ1v) is 11.2. The minimum Gasteiger partial charge on any atom is -0.497 e. The van der Waals surface area contributed by atoms with Gasteiger partial charge in [0.1, 0.15) is 17.6 Å². The van der Waals surface area contributed by atoms with Crippen LogP contribution in [0.25, 0.3) is 11.0 Å². The van der Waals surface area contributed by atoms with Crippen molar-refractivity contribution in [2.24, 2.45) is 12.1 Å². The third-order valence-electron chi connectivity index (χ3n) is 5.53. The zero-order valence-electron chi connectivity index (χ0n) is 17.8. The first kappa shape index (κ1) is 20.4. The predicted octanol–water partition coefficient (Wildman–Crippen LogP) is 4.64. The fourth-order valence-electron chi connectivity index (χ4n) is 3.85. The number of hydrogen-bond donors (Lipinski definition) is 0. The minimum absolute atomic E-state index is 0.0908. The zero-order chi connectivity index (χ0) is 22.1. The molecule has 32 heavy (non-hydrogen) atoms. The van der Waals surface area contributed by atoms with Gasteiger partial charge in [0.15, 0.2) is 5.16 Å². The number of hydrazone groups is 1. The van der Waals surface area contributed by atoms with E-state index in [2.05, 4.69) is 10.1 Å². The van der Waals surface area contributed by atoms with Crippen LogP contribution in [0.1, 0.15) is 23.8 Å². The number of methoxy groups -OCH3 is 1. The number of ether oxygens (including phenoxy) is 1. The van der Waals surface area contributed by atoms with Gasteiger partial charge in [0.05, 0.1) is 35.9 Å². The Labute approximate surface area is 189 Å². The maximum absolute atomic E-state index is 13.2. The van der Waals surface area contributed by atoms with Gasteiger partial charge in [-0.25, -0.2) is 9.99 Å². The first-order valence-electron chi connectivity index (χ1n) is 10.3. The van der Waals surface area contributed by atoms with Crippen LogP contribution in [0.15, 0.2) is 81.6 Å². The van der Waals surface area contributed by atoms with Gasteiger partial charge in [-0.05, 0) is 54.1 Å². The van der Waals surface area contributed by atoms with Crippen LogP contribution in [0, 0.1) is 0 Å². The van der Waals surface area contributed by atoms with E-state index in [0.717, 1.165) is 39.0 Å². The molecule has 0 spiro atoms. The van der Waals surface area contributed by atoms with Gasteiger partial charge in [0.25, 0.3) is 5.91 Å². The molecule has 0 saturated heterocycles. The summed E-state index contributed by atoms with van der Waals surface area (Å²) in [5.74, 6) is 1.64. The smallest absolute Gasteiger partial charge is 0.253 e. The highest BCUT2D eigenvalue weighted by Crippen LogP contribution is 2.34. The second-order valence-corrected chi connectivity index (χ2v) is 8.42. The first-order chi connectivity index (χ1) is 15.6. The standard InChI is InChI=1S/C24H22N4O3S/c1-27-20-7-4-3-6-18(20)25-24(27)32-15-23(29)28-21(22-8-5-13-31-22)14-19(26-28)16-9-11-17(30-2)12-10-16/h3-13,21H,14-15H2,1-2H3/t21-/m1/s1.